The van der Waals surface area contributed by atoms with Gasteiger partial charge in [-0.3, -0.25) is 0 Å². The zero-order valence-electron chi connectivity index (χ0n) is 8.23. The molecule has 5 N–H and O–H groups in total. The third kappa shape index (κ3) is 3.14. The number of carbonyl (C=O) groups is 1. The van der Waals surface area contributed by atoms with Gasteiger partial charge in [-0.25, -0.2) is 4.79 Å². The number of aromatic carboxylic acids is 1. The Bertz CT molecular complexity index is 353. The molecule has 1 aromatic rings. The molecule has 1 rings (SSSR count). The Labute approximate surface area is 87.5 Å². The van der Waals surface area contributed by atoms with E-state index in [1.54, 1.807) is 12.1 Å². The van der Waals surface area contributed by atoms with Crippen molar-refractivity contribution in [2.45, 2.75) is 6.42 Å². The number of rotatable bonds is 5. The summed E-state index contributed by atoms with van der Waals surface area (Å²) >= 11 is 0. The molecule has 0 radical (unpaired) electrons. The molecule has 0 fully saturated rings. The smallest absolute Gasteiger partial charge is 0.337 e. The normalized spacial score (nSPS) is 9.93. The first-order chi connectivity index (χ1) is 7.15. The van der Waals surface area contributed by atoms with Gasteiger partial charge in [0.15, 0.2) is 0 Å². The van der Waals surface area contributed by atoms with Crippen LogP contribution >= 0.6 is 0 Å². The van der Waals surface area contributed by atoms with Crippen molar-refractivity contribution in [2.75, 3.05) is 24.2 Å². The van der Waals surface area contributed by atoms with Gasteiger partial charge in [-0.05, 0) is 24.6 Å². The Kier molecular flexibility index (Phi) is 3.93. The molecule has 0 spiro atoms. The van der Waals surface area contributed by atoms with Crippen LogP contribution in [0.15, 0.2) is 18.2 Å². The number of hydrogen-bond acceptors (Lipinski definition) is 4. The highest BCUT2D eigenvalue weighted by Gasteiger charge is 2.09. The second-order valence-electron chi connectivity index (χ2n) is 3.11. The average Bonchev–Trinajstić information content (AvgIpc) is 2.20. The van der Waals surface area contributed by atoms with Crippen LogP contribution in [0.5, 0.6) is 0 Å². The van der Waals surface area contributed by atoms with E-state index in [1.807, 2.05) is 0 Å². The molecule has 0 aliphatic carbocycles. The van der Waals surface area contributed by atoms with Crippen LogP contribution in [0, 0.1) is 0 Å². The summed E-state index contributed by atoms with van der Waals surface area (Å²) in [5.41, 5.74) is 6.57. The SMILES string of the molecule is Nc1ccc(NCCCO)c(C(=O)O)c1. The molecule has 0 aromatic heterocycles. The van der Waals surface area contributed by atoms with Crippen molar-refractivity contribution in [1.82, 2.24) is 0 Å². The highest BCUT2D eigenvalue weighted by molar-refractivity contribution is 5.95. The molecule has 0 amide bonds. The molecule has 0 aliphatic heterocycles. The minimum absolute atomic E-state index is 0.0738. The molecular weight excluding hydrogens is 196 g/mol. The van der Waals surface area contributed by atoms with Gasteiger partial charge in [0.2, 0.25) is 0 Å². The Hall–Kier alpha value is -1.75. The van der Waals surface area contributed by atoms with Crippen LogP contribution in [0.1, 0.15) is 16.8 Å². The van der Waals surface area contributed by atoms with Crippen LogP contribution < -0.4 is 11.1 Å². The predicted molar refractivity (Wildman–Crippen MR) is 58.0 cm³/mol. The Balaban J connectivity index is 2.81. The molecule has 0 bridgehead atoms. The molecular formula is C10H14N2O3. The summed E-state index contributed by atoms with van der Waals surface area (Å²) in [6, 6.07) is 4.66. The maximum Gasteiger partial charge on any atom is 0.337 e. The van der Waals surface area contributed by atoms with Crippen molar-refractivity contribution in [3.63, 3.8) is 0 Å². The second kappa shape index (κ2) is 5.21. The molecule has 1 aromatic carbocycles. The fourth-order valence-electron chi connectivity index (χ4n) is 1.20. The molecule has 5 heteroatoms. The average molecular weight is 210 g/mol. The quantitative estimate of drug-likeness (QED) is 0.425. The van der Waals surface area contributed by atoms with Crippen molar-refractivity contribution in [2.24, 2.45) is 0 Å². The van der Waals surface area contributed by atoms with Gasteiger partial charge in [-0.2, -0.15) is 0 Å². The number of aliphatic hydroxyl groups is 1. The van der Waals surface area contributed by atoms with E-state index in [1.165, 1.54) is 6.07 Å². The van der Waals surface area contributed by atoms with E-state index < -0.39 is 5.97 Å². The topological polar surface area (TPSA) is 95.6 Å². The maximum atomic E-state index is 10.9. The Morgan fingerprint density at radius 3 is 2.80 bits per heavy atom. The number of carboxylic acid groups (broad SMARTS) is 1. The lowest BCUT2D eigenvalue weighted by Crippen LogP contribution is -2.09. The van der Waals surface area contributed by atoms with Crippen LogP contribution in [0.4, 0.5) is 11.4 Å². The molecule has 0 atom stereocenters. The van der Waals surface area contributed by atoms with Crippen molar-refractivity contribution in [1.29, 1.82) is 0 Å². The van der Waals surface area contributed by atoms with Crippen molar-refractivity contribution >= 4 is 17.3 Å². The summed E-state index contributed by atoms with van der Waals surface area (Å²) in [7, 11) is 0. The molecule has 15 heavy (non-hydrogen) atoms. The summed E-state index contributed by atoms with van der Waals surface area (Å²) in [4.78, 5) is 10.9. The molecule has 0 unspecified atom stereocenters. The number of nitrogens with one attached hydrogen (secondary N) is 1. The minimum atomic E-state index is -1.02. The van der Waals surface area contributed by atoms with Gasteiger partial charge in [-0.1, -0.05) is 0 Å². The van der Waals surface area contributed by atoms with E-state index in [0.717, 1.165) is 0 Å². The number of hydrogen-bond donors (Lipinski definition) is 4. The zero-order chi connectivity index (χ0) is 11.3. The van der Waals surface area contributed by atoms with E-state index in [-0.39, 0.29) is 12.2 Å². The van der Waals surface area contributed by atoms with Crippen LogP contribution in [-0.4, -0.2) is 29.3 Å². The van der Waals surface area contributed by atoms with E-state index in [0.29, 0.717) is 24.3 Å². The fraction of sp³-hybridized carbons (Fsp3) is 0.300. The van der Waals surface area contributed by atoms with Crippen LogP contribution in [0.25, 0.3) is 0 Å². The third-order valence-electron chi connectivity index (χ3n) is 1.92. The second-order valence-corrected chi connectivity index (χ2v) is 3.11. The van der Waals surface area contributed by atoms with Crippen molar-refractivity contribution in [3.05, 3.63) is 23.8 Å². The van der Waals surface area contributed by atoms with Gasteiger partial charge < -0.3 is 21.3 Å². The van der Waals surface area contributed by atoms with Crippen LogP contribution in [0.3, 0.4) is 0 Å². The van der Waals surface area contributed by atoms with Gasteiger partial charge in [-0.15, -0.1) is 0 Å². The Morgan fingerprint density at radius 2 is 2.20 bits per heavy atom. The summed E-state index contributed by atoms with van der Waals surface area (Å²) in [5.74, 6) is -1.02. The highest BCUT2D eigenvalue weighted by atomic mass is 16.4. The number of benzene rings is 1. The standard InChI is InChI=1S/C10H14N2O3/c11-7-2-3-9(12-4-1-5-13)8(6-7)10(14)15/h2-3,6,12-13H,1,4-5,11H2,(H,14,15). The number of anilines is 2. The van der Waals surface area contributed by atoms with E-state index >= 15 is 0 Å². The summed E-state index contributed by atoms with van der Waals surface area (Å²) in [6.45, 7) is 0.602. The monoisotopic (exact) mass is 210 g/mol. The van der Waals surface area contributed by atoms with Crippen LogP contribution in [-0.2, 0) is 0 Å². The van der Waals surface area contributed by atoms with Crippen molar-refractivity contribution in [3.8, 4) is 0 Å². The molecule has 82 valence electrons. The number of nitrogens with two attached hydrogens (primary N) is 1. The fourth-order valence-corrected chi connectivity index (χ4v) is 1.20. The molecule has 0 saturated heterocycles. The summed E-state index contributed by atoms with van der Waals surface area (Å²) < 4.78 is 0. The van der Waals surface area contributed by atoms with E-state index in [4.69, 9.17) is 15.9 Å². The van der Waals surface area contributed by atoms with Gasteiger partial charge in [0.05, 0.1) is 5.56 Å². The molecule has 0 heterocycles. The molecule has 5 nitrogen and oxygen atoms in total. The van der Waals surface area contributed by atoms with Crippen molar-refractivity contribution < 1.29 is 15.0 Å². The zero-order valence-corrected chi connectivity index (χ0v) is 8.23. The first-order valence-corrected chi connectivity index (χ1v) is 4.62. The predicted octanol–water partition coefficient (Wildman–Crippen LogP) is 0.761. The Morgan fingerprint density at radius 1 is 1.47 bits per heavy atom. The van der Waals surface area contributed by atoms with Crippen LogP contribution in [0.2, 0.25) is 0 Å². The lowest BCUT2D eigenvalue weighted by Gasteiger charge is -2.09. The van der Waals surface area contributed by atoms with Gasteiger partial charge >= 0.3 is 5.97 Å². The summed E-state index contributed by atoms with van der Waals surface area (Å²) in [5, 5.41) is 20.4. The number of aliphatic hydroxyl groups excluding tert-OH is 1. The number of carboxylic acids is 1. The lowest BCUT2D eigenvalue weighted by molar-refractivity contribution is 0.0698. The van der Waals surface area contributed by atoms with Gasteiger partial charge in [0.1, 0.15) is 0 Å². The summed E-state index contributed by atoms with van der Waals surface area (Å²) in [6.07, 6.45) is 0.573. The van der Waals surface area contributed by atoms with E-state index in [9.17, 15) is 4.79 Å². The maximum absolute atomic E-state index is 10.9. The molecule has 0 aliphatic rings. The largest absolute Gasteiger partial charge is 0.478 e. The highest BCUT2D eigenvalue weighted by Crippen LogP contribution is 2.18. The minimum Gasteiger partial charge on any atom is -0.478 e. The van der Waals surface area contributed by atoms with Gasteiger partial charge in [0, 0.05) is 24.5 Å². The van der Waals surface area contributed by atoms with Gasteiger partial charge in [0.25, 0.3) is 0 Å². The lowest BCUT2D eigenvalue weighted by atomic mass is 10.1. The molecule has 0 saturated carbocycles. The first kappa shape index (κ1) is 11.3. The van der Waals surface area contributed by atoms with E-state index in [2.05, 4.69) is 5.32 Å². The third-order valence-corrected chi connectivity index (χ3v) is 1.92. The number of nitrogen functional groups attached to an aromatic ring is 1. The first-order valence-electron chi connectivity index (χ1n) is 4.62.